The first-order valence-corrected chi connectivity index (χ1v) is 19.9. The minimum Gasteiger partial charge on any atom is -0.391 e. The fourth-order valence-electron chi connectivity index (χ4n) is 5.88. The van der Waals surface area contributed by atoms with Gasteiger partial charge in [0.05, 0.1) is 32.0 Å². The van der Waals surface area contributed by atoms with E-state index in [9.17, 15) is 9.90 Å². The highest BCUT2D eigenvalue weighted by Crippen LogP contribution is 2.43. The Morgan fingerprint density at radius 2 is 1.00 bits per heavy atom. The van der Waals surface area contributed by atoms with Gasteiger partial charge in [0.2, 0.25) is 5.91 Å². The summed E-state index contributed by atoms with van der Waals surface area (Å²) in [5.74, 6) is 0.0159. The highest BCUT2D eigenvalue weighted by atomic mass is 31.2. The number of unbranched alkanes of at least 4 members (excludes halogenated alkanes) is 24. The maximum atomic E-state index is 12.7. The summed E-state index contributed by atoms with van der Waals surface area (Å²) < 4.78 is 16.7. The van der Waals surface area contributed by atoms with E-state index in [0.29, 0.717) is 26.1 Å². The van der Waals surface area contributed by atoms with Crippen LogP contribution in [0, 0.1) is 0 Å². The van der Waals surface area contributed by atoms with Crippen LogP contribution in [0.3, 0.4) is 0 Å². The smallest absolute Gasteiger partial charge is 0.332 e. The van der Waals surface area contributed by atoms with Gasteiger partial charge in [-0.15, -0.1) is 0 Å². The lowest BCUT2D eigenvalue weighted by Crippen LogP contribution is -2.46. The van der Waals surface area contributed by atoms with Crippen molar-refractivity contribution < 1.29 is 23.5 Å². The molecule has 1 aliphatic rings. The van der Waals surface area contributed by atoms with E-state index in [-0.39, 0.29) is 12.5 Å². The molecule has 1 aliphatic heterocycles. The SMILES string of the molecule is CCCCCCCCCCCCCCCC(=O)N[C@@H](COP1OCCO1)[C@H](O)CCCCCCCCCCCCCCC. The van der Waals surface area contributed by atoms with Crippen LogP contribution in [0.2, 0.25) is 0 Å². The number of nitrogens with one attached hydrogen (secondary N) is 1. The summed E-state index contributed by atoms with van der Waals surface area (Å²) in [6, 6.07) is -0.415. The fraction of sp³-hybridized carbons (Fsp3) is 0.972. The molecule has 1 saturated heterocycles. The highest BCUT2D eigenvalue weighted by molar-refractivity contribution is 7.41. The number of amides is 1. The molecular formula is C36H72NO5P. The normalized spacial score (nSPS) is 15.2. The van der Waals surface area contributed by atoms with Gasteiger partial charge in [-0.1, -0.05) is 174 Å². The Hall–Kier alpha value is -0.260. The first-order chi connectivity index (χ1) is 21.2. The van der Waals surface area contributed by atoms with Gasteiger partial charge in [-0.05, 0) is 12.8 Å². The molecule has 0 saturated carbocycles. The summed E-state index contributed by atoms with van der Waals surface area (Å²) in [6.45, 7) is 5.87. The van der Waals surface area contributed by atoms with Gasteiger partial charge in [-0.25, -0.2) is 0 Å². The van der Waals surface area contributed by atoms with E-state index >= 15 is 0 Å². The minimum atomic E-state index is -1.35. The molecule has 256 valence electrons. The molecule has 6 nitrogen and oxygen atoms in total. The van der Waals surface area contributed by atoms with Crippen molar-refractivity contribution >= 4 is 14.5 Å². The monoisotopic (exact) mass is 630 g/mol. The standard InChI is InChI=1S/C36H72NO5P/c1-3-5-7-9-11-13-15-17-19-21-23-25-27-29-35(38)34(33-42-43-40-31-32-41-43)37-36(39)30-28-26-24-22-20-18-16-14-12-10-8-6-4-2/h34-35,38H,3-33H2,1-2H3,(H,37,39)/t34-,35+/m0/s1. The first-order valence-electron chi connectivity index (χ1n) is 18.8. The zero-order valence-electron chi connectivity index (χ0n) is 28.6. The Kier molecular flexibility index (Phi) is 30.1. The second-order valence-electron chi connectivity index (χ2n) is 13.0. The number of carbonyl (C=O) groups is 1. The van der Waals surface area contributed by atoms with E-state index in [1.807, 2.05) is 0 Å². The number of aliphatic hydroxyl groups excluding tert-OH is 1. The van der Waals surface area contributed by atoms with Gasteiger partial charge in [-0.2, -0.15) is 0 Å². The van der Waals surface area contributed by atoms with Crippen molar-refractivity contribution in [2.24, 2.45) is 0 Å². The summed E-state index contributed by atoms with van der Waals surface area (Å²) in [6.07, 6.45) is 34.4. The third-order valence-corrected chi connectivity index (χ3v) is 9.90. The van der Waals surface area contributed by atoms with Crippen molar-refractivity contribution in [1.82, 2.24) is 5.32 Å². The molecule has 0 unspecified atom stereocenters. The lowest BCUT2D eigenvalue weighted by molar-refractivity contribution is -0.123. The van der Waals surface area contributed by atoms with Crippen molar-refractivity contribution in [2.45, 2.75) is 206 Å². The Labute approximate surface area is 268 Å². The number of aliphatic hydroxyl groups is 1. The number of rotatable bonds is 33. The molecule has 0 bridgehead atoms. The van der Waals surface area contributed by atoms with Crippen LogP contribution in [0.25, 0.3) is 0 Å². The van der Waals surface area contributed by atoms with E-state index < -0.39 is 20.7 Å². The Bertz CT molecular complexity index is 590. The van der Waals surface area contributed by atoms with Crippen LogP contribution in [0.4, 0.5) is 0 Å². The van der Waals surface area contributed by atoms with Gasteiger partial charge < -0.3 is 24.0 Å². The molecule has 1 rings (SSSR count). The van der Waals surface area contributed by atoms with Crippen molar-refractivity contribution in [2.75, 3.05) is 19.8 Å². The predicted molar refractivity (Wildman–Crippen MR) is 183 cm³/mol. The van der Waals surface area contributed by atoms with Gasteiger partial charge in [0.1, 0.15) is 0 Å². The van der Waals surface area contributed by atoms with Crippen molar-refractivity contribution in [3.63, 3.8) is 0 Å². The van der Waals surface area contributed by atoms with Crippen LogP contribution in [0.5, 0.6) is 0 Å². The van der Waals surface area contributed by atoms with Gasteiger partial charge >= 0.3 is 8.60 Å². The average Bonchev–Trinajstić information content (AvgIpc) is 3.53. The van der Waals surface area contributed by atoms with Gasteiger partial charge in [0.25, 0.3) is 0 Å². The van der Waals surface area contributed by atoms with Crippen LogP contribution in [-0.4, -0.2) is 43.0 Å². The van der Waals surface area contributed by atoms with Gasteiger partial charge in [0, 0.05) is 6.42 Å². The molecule has 1 fully saturated rings. The quantitative estimate of drug-likeness (QED) is 0.0558. The third-order valence-electron chi connectivity index (χ3n) is 8.76. The fourth-order valence-corrected chi connectivity index (χ4v) is 6.83. The van der Waals surface area contributed by atoms with Crippen LogP contribution in [0.1, 0.15) is 194 Å². The summed E-state index contributed by atoms with van der Waals surface area (Å²) in [4.78, 5) is 12.7. The maximum Gasteiger partial charge on any atom is 0.332 e. The Morgan fingerprint density at radius 1 is 0.628 bits per heavy atom. The number of hydrogen-bond donors (Lipinski definition) is 2. The highest BCUT2D eigenvalue weighted by Gasteiger charge is 2.26. The lowest BCUT2D eigenvalue weighted by atomic mass is 10.0. The Balaban J connectivity index is 2.12. The van der Waals surface area contributed by atoms with Crippen molar-refractivity contribution in [3.05, 3.63) is 0 Å². The molecule has 0 aromatic carbocycles. The zero-order valence-corrected chi connectivity index (χ0v) is 29.5. The lowest BCUT2D eigenvalue weighted by Gasteiger charge is -2.25. The summed E-state index contributed by atoms with van der Waals surface area (Å²) >= 11 is 0. The van der Waals surface area contributed by atoms with Gasteiger partial charge in [0.15, 0.2) is 0 Å². The van der Waals surface area contributed by atoms with Crippen LogP contribution < -0.4 is 5.32 Å². The molecule has 0 aromatic heterocycles. The molecule has 1 heterocycles. The molecule has 0 radical (unpaired) electrons. The topological polar surface area (TPSA) is 77.0 Å². The van der Waals surface area contributed by atoms with E-state index in [1.54, 1.807) is 0 Å². The second kappa shape index (κ2) is 31.7. The van der Waals surface area contributed by atoms with E-state index in [4.69, 9.17) is 13.6 Å². The zero-order chi connectivity index (χ0) is 31.1. The van der Waals surface area contributed by atoms with E-state index in [0.717, 1.165) is 25.7 Å². The minimum absolute atomic E-state index is 0.0159. The van der Waals surface area contributed by atoms with Crippen LogP contribution >= 0.6 is 8.60 Å². The van der Waals surface area contributed by atoms with Crippen LogP contribution in [0.15, 0.2) is 0 Å². The summed E-state index contributed by atoms with van der Waals surface area (Å²) in [5, 5.41) is 14.0. The molecule has 7 heteroatoms. The molecular weight excluding hydrogens is 557 g/mol. The molecule has 0 spiro atoms. The molecule has 1 amide bonds. The van der Waals surface area contributed by atoms with Gasteiger partial charge in [-0.3, -0.25) is 4.79 Å². The predicted octanol–water partition coefficient (Wildman–Crippen LogP) is 11.1. The van der Waals surface area contributed by atoms with E-state index in [2.05, 4.69) is 19.2 Å². The number of carbonyl (C=O) groups excluding carboxylic acids is 1. The van der Waals surface area contributed by atoms with Crippen molar-refractivity contribution in [1.29, 1.82) is 0 Å². The van der Waals surface area contributed by atoms with Crippen molar-refractivity contribution in [3.8, 4) is 0 Å². The third kappa shape index (κ3) is 26.6. The first kappa shape index (κ1) is 40.8. The molecule has 2 N–H and O–H groups in total. The van der Waals surface area contributed by atoms with E-state index in [1.165, 1.54) is 141 Å². The molecule has 2 atom stereocenters. The largest absolute Gasteiger partial charge is 0.391 e. The second-order valence-corrected chi connectivity index (χ2v) is 14.2. The summed E-state index contributed by atoms with van der Waals surface area (Å²) in [7, 11) is -1.35. The summed E-state index contributed by atoms with van der Waals surface area (Å²) in [5.41, 5.74) is 0. The number of hydrogen-bond acceptors (Lipinski definition) is 5. The molecule has 0 aromatic rings. The molecule has 0 aliphatic carbocycles. The Morgan fingerprint density at radius 3 is 1.42 bits per heavy atom. The van der Waals surface area contributed by atoms with Crippen LogP contribution in [-0.2, 0) is 18.4 Å². The molecule has 43 heavy (non-hydrogen) atoms. The maximum absolute atomic E-state index is 12.7. The average molecular weight is 630 g/mol.